The van der Waals surface area contributed by atoms with E-state index in [9.17, 15) is 4.79 Å². The quantitative estimate of drug-likeness (QED) is 0.836. The second-order valence-corrected chi connectivity index (χ2v) is 6.02. The van der Waals surface area contributed by atoms with E-state index in [-0.39, 0.29) is 5.91 Å². The molecule has 4 heteroatoms. The van der Waals surface area contributed by atoms with Crippen molar-refractivity contribution < 1.29 is 4.79 Å². The van der Waals surface area contributed by atoms with Crippen molar-refractivity contribution in [2.75, 3.05) is 32.7 Å². The zero-order valence-corrected chi connectivity index (χ0v) is 12.9. The minimum Gasteiger partial charge on any atom is -0.356 e. The van der Waals surface area contributed by atoms with Crippen LogP contribution >= 0.6 is 0 Å². The third kappa shape index (κ3) is 5.14. The van der Waals surface area contributed by atoms with Crippen LogP contribution in [-0.4, -0.2) is 43.5 Å². The van der Waals surface area contributed by atoms with Crippen LogP contribution in [0.3, 0.4) is 0 Å². The Labute approximate surface area is 127 Å². The van der Waals surface area contributed by atoms with Gasteiger partial charge in [0.25, 0.3) is 0 Å². The number of carbonyl (C=O) groups excluding carboxylic acids is 1. The summed E-state index contributed by atoms with van der Waals surface area (Å²) in [7, 11) is 0. The molecule has 1 aliphatic rings. The monoisotopic (exact) mass is 289 g/mol. The molecule has 1 aliphatic heterocycles. The highest BCUT2D eigenvalue weighted by molar-refractivity contribution is 5.72. The summed E-state index contributed by atoms with van der Waals surface area (Å²) in [6.07, 6.45) is 2.32. The van der Waals surface area contributed by atoms with Gasteiger partial charge >= 0.3 is 0 Å². The predicted molar refractivity (Wildman–Crippen MR) is 86.1 cm³/mol. The van der Waals surface area contributed by atoms with Crippen molar-refractivity contribution in [3.63, 3.8) is 0 Å². The van der Waals surface area contributed by atoms with Crippen LogP contribution in [0, 0.1) is 5.92 Å². The van der Waals surface area contributed by atoms with Gasteiger partial charge in [-0.05, 0) is 37.4 Å². The SMILES string of the molecule is CC(=O)NCC1CCN(CC(CN)c2ccccc2)CC1. The minimum atomic E-state index is 0.0738. The van der Waals surface area contributed by atoms with Crippen molar-refractivity contribution in [1.82, 2.24) is 10.2 Å². The van der Waals surface area contributed by atoms with Gasteiger partial charge in [-0.2, -0.15) is 0 Å². The first kappa shape index (κ1) is 16.0. The van der Waals surface area contributed by atoms with Crippen LogP contribution < -0.4 is 11.1 Å². The van der Waals surface area contributed by atoms with E-state index in [0.717, 1.165) is 39.0 Å². The van der Waals surface area contributed by atoms with Gasteiger partial charge in [-0.15, -0.1) is 0 Å². The second-order valence-electron chi connectivity index (χ2n) is 6.02. The van der Waals surface area contributed by atoms with Crippen molar-refractivity contribution in [3.05, 3.63) is 35.9 Å². The second kappa shape index (κ2) is 8.15. The maximum absolute atomic E-state index is 11.0. The number of carbonyl (C=O) groups is 1. The molecule has 1 amide bonds. The van der Waals surface area contributed by atoms with Crippen LogP contribution in [-0.2, 0) is 4.79 Å². The van der Waals surface area contributed by atoms with Crippen molar-refractivity contribution >= 4 is 5.91 Å². The normalized spacial score (nSPS) is 18.4. The standard InChI is InChI=1S/C17H27N3O/c1-14(21)19-12-15-7-9-20(10-8-15)13-17(11-18)16-5-3-2-4-6-16/h2-6,15,17H,7-13,18H2,1H3,(H,19,21). The topological polar surface area (TPSA) is 58.4 Å². The lowest BCUT2D eigenvalue weighted by Gasteiger charge is -2.34. The predicted octanol–water partition coefficient (Wildman–Crippen LogP) is 1.58. The van der Waals surface area contributed by atoms with Gasteiger partial charge in [0, 0.05) is 32.5 Å². The van der Waals surface area contributed by atoms with E-state index in [4.69, 9.17) is 5.73 Å². The van der Waals surface area contributed by atoms with Gasteiger partial charge in [0.15, 0.2) is 0 Å². The Morgan fingerprint density at radius 2 is 2.00 bits per heavy atom. The molecule has 1 heterocycles. The first-order valence-corrected chi connectivity index (χ1v) is 7.91. The van der Waals surface area contributed by atoms with E-state index < -0.39 is 0 Å². The number of nitrogens with one attached hydrogen (secondary N) is 1. The zero-order valence-electron chi connectivity index (χ0n) is 12.9. The molecule has 0 aromatic heterocycles. The van der Waals surface area contributed by atoms with Gasteiger partial charge in [-0.3, -0.25) is 4.79 Å². The van der Waals surface area contributed by atoms with E-state index in [1.807, 2.05) is 6.07 Å². The van der Waals surface area contributed by atoms with Gasteiger partial charge in [-0.1, -0.05) is 30.3 Å². The molecular formula is C17H27N3O. The molecule has 0 spiro atoms. The summed E-state index contributed by atoms with van der Waals surface area (Å²) in [5.41, 5.74) is 7.29. The molecule has 1 atom stereocenters. The molecule has 1 aromatic rings. The summed E-state index contributed by atoms with van der Waals surface area (Å²) in [5, 5.41) is 2.93. The van der Waals surface area contributed by atoms with Crippen LogP contribution in [0.15, 0.2) is 30.3 Å². The maximum atomic E-state index is 11.0. The van der Waals surface area contributed by atoms with E-state index in [1.165, 1.54) is 5.56 Å². The highest BCUT2D eigenvalue weighted by Gasteiger charge is 2.21. The van der Waals surface area contributed by atoms with Crippen LogP contribution in [0.4, 0.5) is 0 Å². The molecule has 1 aromatic carbocycles. The average molecular weight is 289 g/mol. The van der Waals surface area contributed by atoms with Crippen LogP contribution in [0.25, 0.3) is 0 Å². The summed E-state index contributed by atoms with van der Waals surface area (Å²) in [6.45, 7) is 6.34. The molecule has 1 fully saturated rings. The Kier molecular flexibility index (Phi) is 6.21. The summed E-state index contributed by atoms with van der Waals surface area (Å²) in [6, 6.07) is 10.5. The number of nitrogens with zero attached hydrogens (tertiary/aromatic N) is 1. The molecule has 0 bridgehead atoms. The maximum Gasteiger partial charge on any atom is 0.216 e. The number of amides is 1. The molecule has 4 nitrogen and oxygen atoms in total. The Balaban J connectivity index is 1.78. The third-order valence-electron chi connectivity index (χ3n) is 4.38. The Hall–Kier alpha value is -1.39. The van der Waals surface area contributed by atoms with E-state index in [1.54, 1.807) is 6.92 Å². The average Bonchev–Trinajstić information content (AvgIpc) is 2.52. The third-order valence-corrected chi connectivity index (χ3v) is 4.38. The molecule has 0 saturated carbocycles. The minimum absolute atomic E-state index is 0.0738. The molecule has 3 N–H and O–H groups in total. The number of hydrogen-bond acceptors (Lipinski definition) is 3. The molecule has 116 valence electrons. The van der Waals surface area contributed by atoms with Crippen LogP contribution in [0.1, 0.15) is 31.2 Å². The van der Waals surface area contributed by atoms with Crippen molar-refractivity contribution in [2.24, 2.45) is 11.7 Å². The fourth-order valence-corrected chi connectivity index (χ4v) is 3.01. The Bertz CT molecular complexity index is 427. The molecule has 0 aliphatic carbocycles. The van der Waals surface area contributed by atoms with E-state index in [2.05, 4.69) is 34.5 Å². The molecule has 2 rings (SSSR count). The Morgan fingerprint density at radius 1 is 1.33 bits per heavy atom. The number of likely N-dealkylation sites (tertiary alicyclic amines) is 1. The highest BCUT2D eigenvalue weighted by atomic mass is 16.1. The van der Waals surface area contributed by atoms with Crippen molar-refractivity contribution in [1.29, 1.82) is 0 Å². The molecule has 21 heavy (non-hydrogen) atoms. The van der Waals surface area contributed by atoms with Gasteiger partial charge in [0.05, 0.1) is 0 Å². The van der Waals surface area contributed by atoms with Crippen molar-refractivity contribution in [2.45, 2.75) is 25.7 Å². The number of benzene rings is 1. The lowest BCUT2D eigenvalue weighted by molar-refractivity contribution is -0.119. The largest absolute Gasteiger partial charge is 0.356 e. The molecule has 0 radical (unpaired) electrons. The van der Waals surface area contributed by atoms with Gasteiger partial charge < -0.3 is 16.0 Å². The lowest BCUT2D eigenvalue weighted by Crippen LogP contribution is -2.40. The van der Waals surface area contributed by atoms with E-state index in [0.29, 0.717) is 18.4 Å². The number of rotatable bonds is 6. The number of nitrogens with two attached hydrogens (primary N) is 1. The lowest BCUT2D eigenvalue weighted by atomic mass is 9.94. The molecular weight excluding hydrogens is 262 g/mol. The molecule has 1 unspecified atom stereocenters. The fraction of sp³-hybridized carbons (Fsp3) is 0.588. The van der Waals surface area contributed by atoms with Crippen LogP contribution in [0.5, 0.6) is 0 Å². The fourth-order valence-electron chi connectivity index (χ4n) is 3.01. The smallest absolute Gasteiger partial charge is 0.216 e. The van der Waals surface area contributed by atoms with Crippen molar-refractivity contribution in [3.8, 4) is 0 Å². The zero-order chi connectivity index (χ0) is 15.1. The summed E-state index contributed by atoms with van der Waals surface area (Å²) >= 11 is 0. The number of hydrogen-bond donors (Lipinski definition) is 2. The highest BCUT2D eigenvalue weighted by Crippen LogP contribution is 2.21. The van der Waals surface area contributed by atoms with E-state index >= 15 is 0 Å². The van der Waals surface area contributed by atoms with Crippen LogP contribution in [0.2, 0.25) is 0 Å². The summed E-state index contributed by atoms with van der Waals surface area (Å²) in [4.78, 5) is 13.5. The van der Waals surface area contributed by atoms with Gasteiger partial charge in [0.2, 0.25) is 5.91 Å². The Morgan fingerprint density at radius 3 is 2.57 bits per heavy atom. The number of piperidine rings is 1. The van der Waals surface area contributed by atoms with Gasteiger partial charge in [-0.25, -0.2) is 0 Å². The summed E-state index contributed by atoms with van der Waals surface area (Å²) < 4.78 is 0. The first-order valence-electron chi connectivity index (χ1n) is 7.91. The summed E-state index contributed by atoms with van der Waals surface area (Å²) in [5.74, 6) is 1.11. The van der Waals surface area contributed by atoms with Gasteiger partial charge in [0.1, 0.15) is 0 Å². The molecule has 1 saturated heterocycles. The first-order chi connectivity index (χ1) is 10.2.